The first-order chi connectivity index (χ1) is 7.76. The van der Waals surface area contributed by atoms with Crippen molar-refractivity contribution in [3.05, 3.63) is 12.7 Å². The monoisotopic (exact) mass is 263 g/mol. The van der Waals surface area contributed by atoms with E-state index in [0.717, 1.165) is 6.16 Å². The number of hydrogen-bond acceptors (Lipinski definition) is 4. The SMILES string of the molecule is C=CCPC[C@H](NC(=O)OC(C)(C)C)C(O)O. The lowest BCUT2D eigenvalue weighted by molar-refractivity contribution is -0.0627. The minimum Gasteiger partial charge on any atom is -0.444 e. The molecule has 3 N–H and O–H groups in total. The first-order valence-electron chi connectivity index (χ1n) is 5.43. The number of ether oxygens (including phenoxy) is 1. The lowest BCUT2D eigenvalue weighted by Crippen LogP contribution is -2.46. The molecule has 0 fully saturated rings. The number of alkyl carbamates (subject to hydrolysis) is 1. The van der Waals surface area contributed by atoms with Crippen LogP contribution in [0.25, 0.3) is 0 Å². The maximum absolute atomic E-state index is 11.4. The average molecular weight is 263 g/mol. The maximum Gasteiger partial charge on any atom is 0.408 e. The van der Waals surface area contributed by atoms with Crippen molar-refractivity contribution in [3.8, 4) is 0 Å². The first-order valence-corrected chi connectivity index (χ1v) is 6.85. The zero-order valence-electron chi connectivity index (χ0n) is 10.6. The van der Waals surface area contributed by atoms with Crippen molar-refractivity contribution in [2.75, 3.05) is 12.3 Å². The van der Waals surface area contributed by atoms with Gasteiger partial charge in [0, 0.05) is 0 Å². The standard InChI is InChI=1S/C11H22NO4P/c1-5-6-17-7-8(9(13)14)12-10(15)16-11(2,3)4/h5,8-9,13-14,17H,1,6-7H2,2-4H3,(H,12,15)/t8-/m0/s1. The van der Waals surface area contributed by atoms with Crippen LogP contribution in [0.2, 0.25) is 0 Å². The molecule has 1 amide bonds. The van der Waals surface area contributed by atoms with E-state index in [1.165, 1.54) is 0 Å². The van der Waals surface area contributed by atoms with Crippen LogP contribution in [0.5, 0.6) is 0 Å². The molecule has 0 aliphatic rings. The van der Waals surface area contributed by atoms with Crippen molar-refractivity contribution in [1.29, 1.82) is 0 Å². The van der Waals surface area contributed by atoms with E-state index in [2.05, 4.69) is 11.9 Å². The molecular formula is C11H22NO4P. The summed E-state index contributed by atoms with van der Waals surface area (Å²) in [5.41, 5.74) is -0.599. The van der Waals surface area contributed by atoms with E-state index in [-0.39, 0.29) is 0 Å². The van der Waals surface area contributed by atoms with Gasteiger partial charge < -0.3 is 20.3 Å². The smallest absolute Gasteiger partial charge is 0.408 e. The van der Waals surface area contributed by atoms with Gasteiger partial charge in [-0.25, -0.2) is 4.79 Å². The van der Waals surface area contributed by atoms with Gasteiger partial charge in [-0.05, 0) is 33.1 Å². The molecule has 0 rings (SSSR count). The lowest BCUT2D eigenvalue weighted by Gasteiger charge is -2.24. The zero-order chi connectivity index (χ0) is 13.5. The molecule has 0 spiro atoms. The summed E-state index contributed by atoms with van der Waals surface area (Å²) >= 11 is 0. The summed E-state index contributed by atoms with van der Waals surface area (Å²) < 4.78 is 5.04. The fraction of sp³-hybridized carbons (Fsp3) is 0.727. The summed E-state index contributed by atoms with van der Waals surface area (Å²) in [7, 11) is 0.485. The summed E-state index contributed by atoms with van der Waals surface area (Å²) in [5.74, 6) is 0. The summed E-state index contributed by atoms with van der Waals surface area (Å²) in [5, 5.41) is 20.7. The zero-order valence-corrected chi connectivity index (χ0v) is 11.6. The van der Waals surface area contributed by atoms with Gasteiger partial charge in [-0.3, -0.25) is 0 Å². The third kappa shape index (κ3) is 9.10. The van der Waals surface area contributed by atoms with E-state index in [1.807, 2.05) is 0 Å². The van der Waals surface area contributed by atoms with Gasteiger partial charge in [-0.2, -0.15) is 0 Å². The molecule has 0 radical (unpaired) electrons. The molecule has 0 aliphatic heterocycles. The number of aliphatic hydroxyl groups excluding tert-OH is 1. The average Bonchev–Trinajstić information content (AvgIpc) is 2.13. The number of rotatable bonds is 6. The van der Waals surface area contributed by atoms with Crippen LogP contribution in [-0.2, 0) is 4.74 Å². The van der Waals surface area contributed by atoms with Crippen LogP contribution in [0.3, 0.4) is 0 Å². The fourth-order valence-electron chi connectivity index (χ4n) is 1.03. The second-order valence-electron chi connectivity index (χ2n) is 4.61. The highest BCUT2D eigenvalue weighted by molar-refractivity contribution is 7.38. The number of amides is 1. The predicted molar refractivity (Wildman–Crippen MR) is 69.6 cm³/mol. The summed E-state index contributed by atoms with van der Waals surface area (Å²) in [6.45, 7) is 8.82. The van der Waals surface area contributed by atoms with Gasteiger partial charge in [0.1, 0.15) is 5.60 Å². The molecule has 0 saturated carbocycles. The van der Waals surface area contributed by atoms with Gasteiger partial charge in [0.2, 0.25) is 0 Å². The second kappa shape index (κ2) is 7.64. The Labute approximate surface area is 104 Å². The van der Waals surface area contributed by atoms with Crippen molar-refractivity contribution in [2.24, 2.45) is 0 Å². The Bertz CT molecular complexity index is 250. The van der Waals surface area contributed by atoms with Gasteiger partial charge in [0.05, 0.1) is 6.04 Å². The minimum atomic E-state index is -1.58. The Kier molecular flexibility index (Phi) is 7.35. The normalized spacial score (nSPS) is 14.0. The van der Waals surface area contributed by atoms with E-state index in [1.54, 1.807) is 26.8 Å². The molecule has 2 atom stereocenters. The van der Waals surface area contributed by atoms with E-state index < -0.39 is 24.0 Å². The molecule has 6 heteroatoms. The molecule has 100 valence electrons. The van der Waals surface area contributed by atoms with Crippen LogP contribution >= 0.6 is 8.58 Å². The molecule has 5 nitrogen and oxygen atoms in total. The predicted octanol–water partition coefficient (Wildman–Crippen LogP) is 1.05. The third-order valence-electron chi connectivity index (χ3n) is 1.71. The van der Waals surface area contributed by atoms with Crippen molar-refractivity contribution >= 4 is 14.7 Å². The number of nitrogens with one attached hydrogen (secondary N) is 1. The van der Waals surface area contributed by atoms with Crippen LogP contribution in [-0.4, -0.2) is 46.6 Å². The third-order valence-corrected chi connectivity index (χ3v) is 3.02. The molecule has 0 aliphatic carbocycles. The van der Waals surface area contributed by atoms with Gasteiger partial charge in [0.25, 0.3) is 0 Å². The Morgan fingerprint density at radius 1 is 1.53 bits per heavy atom. The number of carbonyl (C=O) groups is 1. The number of aliphatic hydroxyl groups is 2. The topological polar surface area (TPSA) is 78.8 Å². The van der Waals surface area contributed by atoms with Gasteiger partial charge in [-0.15, -0.1) is 15.2 Å². The summed E-state index contributed by atoms with van der Waals surface area (Å²) in [4.78, 5) is 11.4. The Morgan fingerprint density at radius 2 is 2.12 bits per heavy atom. The highest BCUT2D eigenvalue weighted by Crippen LogP contribution is 2.13. The van der Waals surface area contributed by atoms with Crippen LogP contribution in [0, 0.1) is 0 Å². The molecule has 0 aromatic carbocycles. The number of allylic oxidation sites excluding steroid dienone is 1. The highest BCUT2D eigenvalue weighted by Gasteiger charge is 2.22. The van der Waals surface area contributed by atoms with Crippen molar-refractivity contribution in [2.45, 2.75) is 38.7 Å². The Balaban J connectivity index is 4.15. The molecule has 1 unspecified atom stereocenters. The molecule has 0 bridgehead atoms. The number of hydrogen-bond donors (Lipinski definition) is 3. The quantitative estimate of drug-likeness (QED) is 0.290. The Morgan fingerprint density at radius 3 is 2.53 bits per heavy atom. The fourth-order valence-corrected chi connectivity index (χ4v) is 2.03. The Hall–Kier alpha value is -0.640. The molecule has 17 heavy (non-hydrogen) atoms. The minimum absolute atomic E-state index is 0.485. The maximum atomic E-state index is 11.4. The lowest BCUT2D eigenvalue weighted by atomic mass is 10.2. The summed E-state index contributed by atoms with van der Waals surface area (Å²) in [6.07, 6.45) is 0.813. The van der Waals surface area contributed by atoms with E-state index in [9.17, 15) is 4.79 Å². The summed E-state index contributed by atoms with van der Waals surface area (Å²) in [6, 6.07) is -0.705. The second-order valence-corrected chi connectivity index (χ2v) is 5.93. The van der Waals surface area contributed by atoms with Crippen molar-refractivity contribution < 1.29 is 19.7 Å². The van der Waals surface area contributed by atoms with E-state index >= 15 is 0 Å². The number of carbonyl (C=O) groups excluding carboxylic acids is 1. The van der Waals surface area contributed by atoms with Gasteiger partial charge in [-0.1, -0.05) is 6.08 Å². The van der Waals surface area contributed by atoms with Crippen LogP contribution in [0.1, 0.15) is 20.8 Å². The molecule has 0 aromatic heterocycles. The van der Waals surface area contributed by atoms with Gasteiger partial charge >= 0.3 is 6.09 Å². The van der Waals surface area contributed by atoms with Crippen LogP contribution in [0.15, 0.2) is 12.7 Å². The van der Waals surface area contributed by atoms with Crippen LogP contribution in [0.4, 0.5) is 4.79 Å². The first kappa shape index (κ1) is 16.4. The van der Waals surface area contributed by atoms with E-state index in [4.69, 9.17) is 14.9 Å². The van der Waals surface area contributed by atoms with Crippen molar-refractivity contribution in [1.82, 2.24) is 5.32 Å². The van der Waals surface area contributed by atoms with Crippen LogP contribution < -0.4 is 5.32 Å². The highest BCUT2D eigenvalue weighted by atomic mass is 31.1. The molecule has 0 saturated heterocycles. The largest absolute Gasteiger partial charge is 0.444 e. The van der Waals surface area contributed by atoms with E-state index in [0.29, 0.717) is 14.7 Å². The van der Waals surface area contributed by atoms with Gasteiger partial charge in [0.15, 0.2) is 6.29 Å². The molecular weight excluding hydrogens is 241 g/mol. The molecule has 0 heterocycles. The molecule has 0 aromatic rings. The van der Waals surface area contributed by atoms with Crippen molar-refractivity contribution in [3.63, 3.8) is 0 Å².